The SMILES string of the molecule is Nc1nc2oc3ccc(N4CCOCC4)cc3c(=O)c2cc1C(=O)Nc1nn[nH]n1. The lowest BCUT2D eigenvalue weighted by atomic mass is 10.1. The first-order chi connectivity index (χ1) is 14.6. The average Bonchev–Trinajstić information content (AvgIpc) is 3.27. The summed E-state index contributed by atoms with van der Waals surface area (Å²) in [6.45, 7) is 2.74. The Morgan fingerprint density at radius 3 is 2.80 bits per heavy atom. The fourth-order valence-corrected chi connectivity index (χ4v) is 3.37. The smallest absolute Gasteiger partial charge is 0.270 e. The Bertz CT molecular complexity index is 1310. The van der Waals surface area contributed by atoms with Gasteiger partial charge in [0.25, 0.3) is 11.9 Å². The average molecular weight is 408 g/mol. The van der Waals surface area contributed by atoms with Crippen LogP contribution in [-0.4, -0.2) is 57.8 Å². The minimum absolute atomic E-state index is 0.00304. The number of fused-ring (bicyclic) bond motifs is 2. The summed E-state index contributed by atoms with van der Waals surface area (Å²) in [5.41, 5.74) is 6.96. The molecule has 0 radical (unpaired) electrons. The van der Waals surface area contributed by atoms with Crippen LogP contribution in [0.25, 0.3) is 22.1 Å². The van der Waals surface area contributed by atoms with Crippen LogP contribution in [0.4, 0.5) is 17.5 Å². The number of carbonyl (C=O) groups is 1. The zero-order valence-electron chi connectivity index (χ0n) is 15.6. The minimum atomic E-state index is -0.620. The number of hydrogen-bond donors (Lipinski definition) is 3. The number of ether oxygens (including phenoxy) is 1. The van der Waals surface area contributed by atoms with Crippen LogP contribution >= 0.6 is 0 Å². The fraction of sp³-hybridized carbons (Fsp3) is 0.222. The molecule has 12 heteroatoms. The van der Waals surface area contributed by atoms with Gasteiger partial charge in [-0.1, -0.05) is 5.10 Å². The van der Waals surface area contributed by atoms with Crippen molar-refractivity contribution in [3.8, 4) is 0 Å². The Morgan fingerprint density at radius 2 is 2.03 bits per heavy atom. The summed E-state index contributed by atoms with van der Waals surface area (Å²) in [5.74, 6) is -0.735. The molecule has 0 unspecified atom stereocenters. The summed E-state index contributed by atoms with van der Waals surface area (Å²) in [6.07, 6.45) is 0. The van der Waals surface area contributed by atoms with Crippen molar-refractivity contribution in [2.45, 2.75) is 0 Å². The zero-order valence-corrected chi connectivity index (χ0v) is 15.6. The van der Waals surface area contributed by atoms with Gasteiger partial charge >= 0.3 is 0 Å². The third-order valence-corrected chi connectivity index (χ3v) is 4.87. The number of nitrogen functional groups attached to an aromatic ring is 1. The summed E-state index contributed by atoms with van der Waals surface area (Å²) >= 11 is 0. The van der Waals surface area contributed by atoms with Gasteiger partial charge in [-0.25, -0.2) is 0 Å². The number of tetrazole rings is 1. The number of morpholine rings is 1. The van der Waals surface area contributed by atoms with Crippen molar-refractivity contribution in [2.75, 3.05) is 42.3 Å². The molecule has 0 bridgehead atoms. The third kappa shape index (κ3) is 3.08. The maximum absolute atomic E-state index is 13.2. The first kappa shape index (κ1) is 18.0. The molecular formula is C18H16N8O4. The highest BCUT2D eigenvalue weighted by Crippen LogP contribution is 2.25. The Balaban J connectivity index is 1.60. The highest BCUT2D eigenvalue weighted by atomic mass is 16.5. The second-order valence-electron chi connectivity index (χ2n) is 6.67. The van der Waals surface area contributed by atoms with Crippen LogP contribution in [-0.2, 0) is 4.74 Å². The number of H-pyrrole nitrogens is 1. The predicted octanol–water partition coefficient (Wildman–Crippen LogP) is 0.525. The maximum Gasteiger partial charge on any atom is 0.270 e. The molecule has 4 heterocycles. The summed E-state index contributed by atoms with van der Waals surface area (Å²) in [4.78, 5) is 31.9. The number of aromatic amines is 1. The van der Waals surface area contributed by atoms with Gasteiger partial charge in [-0.3, -0.25) is 14.9 Å². The van der Waals surface area contributed by atoms with Crippen molar-refractivity contribution in [3.05, 3.63) is 40.1 Å². The lowest BCUT2D eigenvalue weighted by molar-refractivity contribution is 0.102. The lowest BCUT2D eigenvalue weighted by Gasteiger charge is -2.28. The van der Waals surface area contributed by atoms with Crippen LogP contribution < -0.4 is 21.4 Å². The van der Waals surface area contributed by atoms with E-state index in [1.807, 2.05) is 6.07 Å². The van der Waals surface area contributed by atoms with E-state index in [4.69, 9.17) is 14.9 Å². The molecule has 3 aromatic heterocycles. The van der Waals surface area contributed by atoms with E-state index in [1.54, 1.807) is 12.1 Å². The molecule has 1 aromatic carbocycles. The van der Waals surface area contributed by atoms with Crippen molar-refractivity contribution >= 4 is 45.4 Å². The highest BCUT2D eigenvalue weighted by molar-refractivity contribution is 6.08. The van der Waals surface area contributed by atoms with Gasteiger partial charge in [0.05, 0.1) is 29.5 Å². The van der Waals surface area contributed by atoms with Crippen molar-refractivity contribution in [2.24, 2.45) is 0 Å². The highest BCUT2D eigenvalue weighted by Gasteiger charge is 2.19. The molecule has 0 aliphatic carbocycles. The summed E-state index contributed by atoms with van der Waals surface area (Å²) in [7, 11) is 0. The molecule has 0 atom stereocenters. The van der Waals surface area contributed by atoms with Gasteiger partial charge in [0.2, 0.25) is 11.1 Å². The number of rotatable bonds is 3. The lowest BCUT2D eigenvalue weighted by Crippen LogP contribution is -2.36. The van der Waals surface area contributed by atoms with E-state index in [0.717, 1.165) is 18.8 Å². The Labute approximate surface area is 168 Å². The number of carbonyl (C=O) groups excluding carboxylic acids is 1. The van der Waals surface area contributed by atoms with E-state index in [2.05, 4.69) is 35.8 Å². The van der Waals surface area contributed by atoms with E-state index in [1.165, 1.54) is 6.07 Å². The number of anilines is 3. The van der Waals surface area contributed by atoms with Gasteiger partial charge in [0, 0.05) is 18.8 Å². The van der Waals surface area contributed by atoms with Crippen LogP contribution in [0, 0.1) is 0 Å². The van der Waals surface area contributed by atoms with Crippen LogP contribution in [0.15, 0.2) is 33.5 Å². The number of nitrogens with one attached hydrogen (secondary N) is 2. The topological polar surface area (TPSA) is 165 Å². The zero-order chi connectivity index (χ0) is 20.7. The molecule has 0 saturated carbocycles. The molecule has 12 nitrogen and oxygen atoms in total. The first-order valence-electron chi connectivity index (χ1n) is 9.15. The van der Waals surface area contributed by atoms with Crippen molar-refractivity contribution in [3.63, 3.8) is 0 Å². The summed E-state index contributed by atoms with van der Waals surface area (Å²) in [6, 6.07) is 6.76. The first-order valence-corrected chi connectivity index (χ1v) is 9.15. The molecule has 1 aliphatic heterocycles. The van der Waals surface area contributed by atoms with Gasteiger partial charge in [-0.2, -0.15) is 10.2 Å². The van der Waals surface area contributed by atoms with Gasteiger partial charge in [0.15, 0.2) is 0 Å². The molecule has 5 rings (SSSR count). The second-order valence-corrected chi connectivity index (χ2v) is 6.67. The summed E-state index contributed by atoms with van der Waals surface area (Å²) < 4.78 is 11.2. The molecule has 1 amide bonds. The van der Waals surface area contributed by atoms with Crippen LogP contribution in [0.3, 0.4) is 0 Å². The number of benzene rings is 1. The molecular weight excluding hydrogens is 392 g/mol. The standard InChI is InChI=1S/C18H16N8O4/c19-15-12(16(28)21-18-22-24-25-23-18)8-11-14(27)10-7-9(26-3-5-29-6-4-26)1-2-13(10)30-17(11)20-15/h1-2,7-8H,3-6H2,(H2,19,20)(H2,21,22,23,24,25,28). The van der Waals surface area contributed by atoms with E-state index in [0.29, 0.717) is 24.2 Å². The van der Waals surface area contributed by atoms with Crippen LogP contribution in [0.5, 0.6) is 0 Å². The molecule has 4 N–H and O–H groups in total. The Hall–Kier alpha value is -4.06. The van der Waals surface area contributed by atoms with E-state index >= 15 is 0 Å². The molecule has 1 saturated heterocycles. The number of pyridine rings is 1. The van der Waals surface area contributed by atoms with Gasteiger partial charge < -0.3 is 19.8 Å². The number of nitrogens with zero attached hydrogens (tertiary/aromatic N) is 5. The fourth-order valence-electron chi connectivity index (χ4n) is 3.37. The summed E-state index contributed by atoms with van der Waals surface area (Å²) in [5, 5.41) is 15.9. The minimum Gasteiger partial charge on any atom is -0.437 e. The van der Waals surface area contributed by atoms with E-state index < -0.39 is 5.91 Å². The Kier molecular flexibility index (Phi) is 4.25. The van der Waals surface area contributed by atoms with Gasteiger partial charge in [0.1, 0.15) is 11.4 Å². The monoisotopic (exact) mass is 408 g/mol. The Morgan fingerprint density at radius 1 is 1.20 bits per heavy atom. The largest absolute Gasteiger partial charge is 0.437 e. The van der Waals surface area contributed by atoms with Crippen LogP contribution in [0.1, 0.15) is 10.4 Å². The normalized spacial score (nSPS) is 14.3. The van der Waals surface area contributed by atoms with Crippen molar-refractivity contribution in [1.29, 1.82) is 0 Å². The van der Waals surface area contributed by atoms with Gasteiger partial charge in [-0.15, -0.1) is 5.10 Å². The molecule has 152 valence electrons. The molecule has 4 aromatic rings. The number of hydrogen-bond acceptors (Lipinski definition) is 10. The predicted molar refractivity (Wildman–Crippen MR) is 107 cm³/mol. The maximum atomic E-state index is 13.2. The molecule has 1 aliphatic rings. The number of nitrogens with two attached hydrogens (primary N) is 1. The van der Waals surface area contributed by atoms with Crippen molar-refractivity contribution in [1.82, 2.24) is 25.6 Å². The third-order valence-electron chi connectivity index (χ3n) is 4.87. The van der Waals surface area contributed by atoms with Crippen molar-refractivity contribution < 1.29 is 13.9 Å². The molecule has 0 spiro atoms. The van der Waals surface area contributed by atoms with Gasteiger partial charge in [-0.05, 0) is 29.5 Å². The molecule has 1 fully saturated rings. The molecule has 30 heavy (non-hydrogen) atoms. The van der Waals surface area contributed by atoms with E-state index in [9.17, 15) is 9.59 Å². The van der Waals surface area contributed by atoms with E-state index in [-0.39, 0.29) is 33.9 Å². The number of amides is 1. The van der Waals surface area contributed by atoms with Crippen LogP contribution in [0.2, 0.25) is 0 Å². The quantitative estimate of drug-likeness (QED) is 0.407. The number of aromatic nitrogens is 5. The second kappa shape index (κ2) is 7.08.